The van der Waals surface area contributed by atoms with Gasteiger partial charge in [-0.2, -0.15) is 13.2 Å². The zero-order valence-corrected chi connectivity index (χ0v) is 17.9. The molecule has 0 aromatic heterocycles. The van der Waals surface area contributed by atoms with Gasteiger partial charge < -0.3 is 9.47 Å². The second kappa shape index (κ2) is 9.59. The van der Waals surface area contributed by atoms with E-state index in [0.717, 1.165) is 32.1 Å². The minimum absolute atomic E-state index is 0.141. The first-order valence-corrected chi connectivity index (χ1v) is 11.0. The maximum absolute atomic E-state index is 14.5. The largest absolute Gasteiger partial charge is 0.494 e. The van der Waals surface area contributed by atoms with Crippen molar-refractivity contribution in [3.63, 3.8) is 0 Å². The Morgan fingerprint density at radius 3 is 1.90 bits per heavy atom. The fourth-order valence-electron chi connectivity index (χ4n) is 5.17. The summed E-state index contributed by atoms with van der Waals surface area (Å²) in [7, 11) is 1.12. The van der Waals surface area contributed by atoms with Crippen LogP contribution in [0.1, 0.15) is 70.3 Å². The molecule has 3 rings (SSSR count). The van der Waals surface area contributed by atoms with Crippen molar-refractivity contribution in [2.75, 3.05) is 7.11 Å². The lowest BCUT2D eigenvalue weighted by molar-refractivity contribution is -0.280. The van der Waals surface area contributed by atoms with E-state index in [4.69, 9.17) is 4.74 Å². The number of hydrogen-bond acceptors (Lipinski definition) is 2. The number of benzene rings is 1. The van der Waals surface area contributed by atoms with E-state index < -0.39 is 47.0 Å². The molecule has 0 unspecified atom stereocenters. The van der Waals surface area contributed by atoms with Gasteiger partial charge >= 0.3 is 6.11 Å². The van der Waals surface area contributed by atoms with Crippen molar-refractivity contribution in [2.24, 2.45) is 17.8 Å². The smallest absolute Gasteiger partial charge is 0.386 e. The standard InChI is InChI=1S/C23H30F6O2/c1-3-22(26,27)16-8-4-14(5-9-16)15-6-10-17(11-7-15)31-23(28,29)18-12-13-19(30-2)21(25)20(18)24/h12-17H,3-11H2,1-2H3. The summed E-state index contributed by atoms with van der Waals surface area (Å²) in [4.78, 5) is 0. The van der Waals surface area contributed by atoms with Crippen molar-refractivity contribution in [1.29, 1.82) is 0 Å². The van der Waals surface area contributed by atoms with Crippen LogP contribution in [-0.4, -0.2) is 19.1 Å². The van der Waals surface area contributed by atoms with Crippen LogP contribution >= 0.6 is 0 Å². The molecule has 2 saturated carbocycles. The van der Waals surface area contributed by atoms with E-state index in [0.29, 0.717) is 50.4 Å². The minimum atomic E-state index is -3.96. The van der Waals surface area contributed by atoms with Crippen molar-refractivity contribution in [3.8, 4) is 5.75 Å². The van der Waals surface area contributed by atoms with Crippen LogP contribution in [0.15, 0.2) is 12.1 Å². The SMILES string of the molecule is CCC(F)(F)C1CCC(C2CCC(OC(F)(F)c3ccc(OC)c(F)c3F)CC2)CC1. The predicted octanol–water partition coefficient (Wildman–Crippen LogP) is 7.45. The van der Waals surface area contributed by atoms with Crippen LogP contribution in [0.4, 0.5) is 26.3 Å². The van der Waals surface area contributed by atoms with Crippen molar-refractivity contribution < 1.29 is 35.8 Å². The molecule has 0 bridgehead atoms. The molecule has 2 aliphatic rings. The summed E-state index contributed by atoms with van der Waals surface area (Å²) in [6.07, 6.45) is -0.292. The van der Waals surface area contributed by atoms with Crippen LogP contribution in [0.25, 0.3) is 0 Å². The van der Waals surface area contributed by atoms with Crippen LogP contribution in [0.2, 0.25) is 0 Å². The maximum atomic E-state index is 14.5. The molecule has 0 atom stereocenters. The molecule has 0 N–H and O–H groups in total. The maximum Gasteiger partial charge on any atom is 0.386 e. The molecule has 0 heterocycles. The number of halogens is 6. The molecule has 1 aromatic rings. The van der Waals surface area contributed by atoms with Crippen LogP contribution in [0.5, 0.6) is 5.75 Å². The van der Waals surface area contributed by atoms with E-state index in [2.05, 4.69) is 4.74 Å². The Balaban J connectivity index is 1.53. The fraction of sp³-hybridized carbons (Fsp3) is 0.739. The summed E-state index contributed by atoms with van der Waals surface area (Å²) in [5.41, 5.74) is -1.15. The van der Waals surface area contributed by atoms with Crippen LogP contribution < -0.4 is 4.74 Å². The van der Waals surface area contributed by atoms with E-state index in [1.165, 1.54) is 6.92 Å². The number of methoxy groups -OCH3 is 1. The summed E-state index contributed by atoms with van der Waals surface area (Å²) >= 11 is 0. The number of rotatable bonds is 7. The molecule has 176 valence electrons. The Kier molecular flexibility index (Phi) is 7.49. The lowest BCUT2D eigenvalue weighted by atomic mass is 9.69. The third kappa shape index (κ3) is 5.32. The lowest BCUT2D eigenvalue weighted by Crippen LogP contribution is -2.35. The molecule has 2 aliphatic carbocycles. The molecule has 0 amide bonds. The molecule has 8 heteroatoms. The van der Waals surface area contributed by atoms with E-state index in [-0.39, 0.29) is 6.42 Å². The molecule has 0 radical (unpaired) electrons. The summed E-state index contributed by atoms with van der Waals surface area (Å²) in [5, 5.41) is 0. The van der Waals surface area contributed by atoms with Gasteiger partial charge in [0.25, 0.3) is 5.92 Å². The van der Waals surface area contributed by atoms with Crippen LogP contribution in [0.3, 0.4) is 0 Å². The average molecular weight is 452 g/mol. The van der Waals surface area contributed by atoms with Crippen molar-refractivity contribution in [1.82, 2.24) is 0 Å². The molecule has 2 nitrogen and oxygen atoms in total. The number of ether oxygens (including phenoxy) is 2. The first-order chi connectivity index (χ1) is 14.6. The predicted molar refractivity (Wildman–Crippen MR) is 104 cm³/mol. The highest BCUT2D eigenvalue weighted by Crippen LogP contribution is 2.46. The topological polar surface area (TPSA) is 18.5 Å². The average Bonchev–Trinajstić information content (AvgIpc) is 2.76. The van der Waals surface area contributed by atoms with Gasteiger partial charge in [-0.05, 0) is 75.3 Å². The Morgan fingerprint density at radius 1 is 0.839 bits per heavy atom. The molecular weight excluding hydrogens is 422 g/mol. The summed E-state index contributed by atoms with van der Waals surface area (Å²) in [5.74, 6) is -6.15. The van der Waals surface area contributed by atoms with E-state index in [9.17, 15) is 26.3 Å². The zero-order chi connectivity index (χ0) is 22.8. The van der Waals surface area contributed by atoms with Gasteiger partial charge in [-0.25, -0.2) is 13.2 Å². The Bertz CT molecular complexity index is 738. The number of hydrogen-bond donors (Lipinski definition) is 0. The first-order valence-electron chi connectivity index (χ1n) is 11.0. The quantitative estimate of drug-likeness (QED) is 0.400. The summed E-state index contributed by atoms with van der Waals surface area (Å²) in [6.45, 7) is 1.51. The normalized spacial score (nSPS) is 27.9. The number of alkyl halides is 4. The van der Waals surface area contributed by atoms with Gasteiger partial charge in [-0.1, -0.05) is 6.92 Å². The van der Waals surface area contributed by atoms with Crippen molar-refractivity contribution in [2.45, 2.75) is 82.8 Å². The monoisotopic (exact) mass is 452 g/mol. The van der Waals surface area contributed by atoms with Gasteiger partial charge in [0.1, 0.15) is 0 Å². The van der Waals surface area contributed by atoms with Gasteiger partial charge in [-0.15, -0.1) is 0 Å². The van der Waals surface area contributed by atoms with Gasteiger partial charge in [0, 0.05) is 12.3 Å². The Labute approximate surface area is 179 Å². The molecule has 0 spiro atoms. The van der Waals surface area contributed by atoms with E-state index in [1.807, 2.05) is 0 Å². The first kappa shape index (κ1) is 24.2. The fourth-order valence-corrected chi connectivity index (χ4v) is 5.17. The molecule has 0 aliphatic heterocycles. The summed E-state index contributed by atoms with van der Waals surface area (Å²) in [6, 6.07) is 1.72. The highest BCUT2D eigenvalue weighted by molar-refractivity contribution is 5.32. The molecular formula is C23H30F6O2. The van der Waals surface area contributed by atoms with Gasteiger partial charge in [0.05, 0.1) is 18.8 Å². The molecule has 1 aromatic carbocycles. The second-order valence-corrected chi connectivity index (χ2v) is 8.84. The van der Waals surface area contributed by atoms with Gasteiger partial charge in [0.15, 0.2) is 11.6 Å². The lowest BCUT2D eigenvalue weighted by Gasteiger charge is -2.39. The highest BCUT2D eigenvalue weighted by atomic mass is 19.3. The van der Waals surface area contributed by atoms with Crippen molar-refractivity contribution >= 4 is 0 Å². The van der Waals surface area contributed by atoms with Gasteiger partial charge in [-0.3, -0.25) is 0 Å². The minimum Gasteiger partial charge on any atom is -0.494 e. The van der Waals surface area contributed by atoms with E-state index >= 15 is 0 Å². The van der Waals surface area contributed by atoms with Crippen LogP contribution in [0, 0.1) is 29.4 Å². The molecule has 0 saturated heterocycles. The van der Waals surface area contributed by atoms with E-state index in [1.54, 1.807) is 0 Å². The third-order valence-electron chi connectivity index (χ3n) is 7.12. The van der Waals surface area contributed by atoms with Crippen molar-refractivity contribution in [3.05, 3.63) is 29.3 Å². The Morgan fingerprint density at radius 2 is 1.39 bits per heavy atom. The Hall–Kier alpha value is -1.44. The molecule has 31 heavy (non-hydrogen) atoms. The summed E-state index contributed by atoms with van der Waals surface area (Å²) < 4.78 is 94.2. The molecule has 2 fully saturated rings. The van der Waals surface area contributed by atoms with Gasteiger partial charge in [0.2, 0.25) is 5.82 Å². The van der Waals surface area contributed by atoms with Crippen LogP contribution in [-0.2, 0) is 10.8 Å². The third-order valence-corrected chi connectivity index (χ3v) is 7.12. The second-order valence-electron chi connectivity index (χ2n) is 8.84. The highest BCUT2D eigenvalue weighted by Gasteiger charge is 2.43. The zero-order valence-electron chi connectivity index (χ0n) is 17.9.